The summed E-state index contributed by atoms with van der Waals surface area (Å²) in [5, 5.41) is 4.10. The van der Waals surface area contributed by atoms with Gasteiger partial charge < -0.3 is 4.90 Å². The van der Waals surface area contributed by atoms with E-state index in [2.05, 4.69) is 9.82 Å². The Morgan fingerprint density at radius 2 is 1.81 bits per heavy atom. The van der Waals surface area contributed by atoms with E-state index in [0.717, 1.165) is 5.69 Å². The summed E-state index contributed by atoms with van der Waals surface area (Å²) in [6, 6.07) is 15.6. The van der Waals surface area contributed by atoms with Crippen molar-refractivity contribution in [2.24, 2.45) is 0 Å². The summed E-state index contributed by atoms with van der Waals surface area (Å²) in [4.78, 5) is 13.5. The summed E-state index contributed by atoms with van der Waals surface area (Å²) in [7, 11) is -0.549. The number of carbonyl (C=O) groups excluding carboxylic acids is 1. The fourth-order valence-corrected chi connectivity index (χ4v) is 3.33. The highest BCUT2D eigenvalue weighted by atomic mass is 32.2. The summed E-state index contributed by atoms with van der Waals surface area (Å²) < 4.78 is 29.2. The molecule has 3 rings (SSSR count). The fourth-order valence-electron chi connectivity index (χ4n) is 2.35. The van der Waals surface area contributed by atoms with Gasteiger partial charge in [-0.2, -0.15) is 5.10 Å². The molecule has 7 nitrogen and oxygen atoms in total. The van der Waals surface area contributed by atoms with Crippen LogP contribution in [0.3, 0.4) is 0 Å². The number of hydrogen-bond acceptors (Lipinski definition) is 4. The molecule has 0 bridgehead atoms. The minimum absolute atomic E-state index is 0.0330. The molecule has 0 aliphatic heterocycles. The van der Waals surface area contributed by atoms with Crippen LogP contribution in [0.5, 0.6) is 0 Å². The molecule has 0 atom stereocenters. The van der Waals surface area contributed by atoms with E-state index in [1.807, 2.05) is 30.3 Å². The third-order valence-corrected chi connectivity index (χ3v) is 4.99. The van der Waals surface area contributed by atoms with E-state index in [1.54, 1.807) is 32.3 Å². The Hall–Kier alpha value is -3.13. The number of amides is 1. The first-order valence-corrected chi connectivity index (χ1v) is 9.30. The number of anilines is 1. The monoisotopic (exact) mass is 370 g/mol. The summed E-state index contributed by atoms with van der Waals surface area (Å²) in [5.74, 6) is -0.206. The van der Waals surface area contributed by atoms with Crippen LogP contribution in [-0.2, 0) is 10.0 Å². The van der Waals surface area contributed by atoms with E-state index in [9.17, 15) is 13.2 Å². The van der Waals surface area contributed by atoms with Gasteiger partial charge in [-0.15, -0.1) is 0 Å². The van der Waals surface area contributed by atoms with Crippen LogP contribution in [0.25, 0.3) is 5.69 Å². The van der Waals surface area contributed by atoms with Crippen LogP contribution in [-0.4, -0.2) is 43.1 Å². The standard InChI is InChI=1S/C18H18N4O3S/c1-21(2)18(23)14-7-6-8-15(11-14)20-26(24,25)17-12-19-22(13-17)16-9-4-3-5-10-16/h3-13,20H,1-2H3. The van der Waals surface area contributed by atoms with Crippen LogP contribution in [0, 0.1) is 0 Å². The lowest BCUT2D eigenvalue weighted by Gasteiger charge is -2.12. The lowest BCUT2D eigenvalue weighted by Crippen LogP contribution is -2.22. The Labute approximate surface area is 151 Å². The van der Waals surface area contributed by atoms with Gasteiger partial charge in [-0.25, -0.2) is 13.1 Å². The summed E-state index contributed by atoms with van der Waals surface area (Å²) in [6.45, 7) is 0. The zero-order valence-corrected chi connectivity index (χ0v) is 15.1. The molecule has 134 valence electrons. The maximum atomic E-state index is 12.6. The minimum atomic E-state index is -3.82. The average molecular weight is 370 g/mol. The van der Waals surface area contributed by atoms with Gasteiger partial charge >= 0.3 is 0 Å². The van der Waals surface area contributed by atoms with Crippen molar-refractivity contribution in [2.75, 3.05) is 18.8 Å². The maximum Gasteiger partial charge on any atom is 0.265 e. The third-order valence-electron chi connectivity index (χ3n) is 3.66. The lowest BCUT2D eigenvalue weighted by atomic mass is 10.2. The van der Waals surface area contributed by atoms with Gasteiger partial charge in [-0.05, 0) is 30.3 Å². The number of carbonyl (C=O) groups is 1. The molecule has 1 heterocycles. The molecule has 3 aromatic rings. The smallest absolute Gasteiger partial charge is 0.265 e. The van der Waals surface area contributed by atoms with Crippen LogP contribution < -0.4 is 4.72 Å². The van der Waals surface area contributed by atoms with E-state index < -0.39 is 10.0 Å². The molecule has 0 saturated carbocycles. The van der Waals surface area contributed by atoms with Gasteiger partial charge in [0.1, 0.15) is 4.90 Å². The van der Waals surface area contributed by atoms with Crippen LogP contribution >= 0.6 is 0 Å². The summed E-state index contributed by atoms with van der Waals surface area (Å²) in [6.07, 6.45) is 2.72. The SMILES string of the molecule is CN(C)C(=O)c1cccc(NS(=O)(=O)c2cnn(-c3ccccc3)c2)c1. The third kappa shape index (κ3) is 3.75. The zero-order valence-electron chi connectivity index (χ0n) is 14.3. The largest absolute Gasteiger partial charge is 0.345 e. The molecule has 1 N–H and O–H groups in total. The van der Waals surface area contributed by atoms with Crippen molar-refractivity contribution < 1.29 is 13.2 Å². The molecule has 0 aliphatic rings. The number of para-hydroxylation sites is 1. The summed E-state index contributed by atoms with van der Waals surface area (Å²) in [5.41, 5.74) is 1.47. The first kappa shape index (κ1) is 17.7. The molecule has 0 unspecified atom stereocenters. The molecule has 0 fully saturated rings. The molecule has 2 aromatic carbocycles. The highest BCUT2D eigenvalue weighted by Crippen LogP contribution is 2.18. The van der Waals surface area contributed by atoms with E-state index >= 15 is 0 Å². The van der Waals surface area contributed by atoms with Gasteiger partial charge in [0, 0.05) is 25.3 Å². The Kier molecular flexibility index (Phi) is 4.77. The van der Waals surface area contributed by atoms with Crippen molar-refractivity contribution in [1.29, 1.82) is 0 Å². The highest BCUT2D eigenvalue weighted by molar-refractivity contribution is 7.92. The lowest BCUT2D eigenvalue weighted by molar-refractivity contribution is 0.0827. The Balaban J connectivity index is 1.85. The van der Waals surface area contributed by atoms with Crippen molar-refractivity contribution in [2.45, 2.75) is 4.90 Å². The molecular formula is C18H18N4O3S. The van der Waals surface area contributed by atoms with Crippen molar-refractivity contribution in [3.05, 3.63) is 72.6 Å². The Morgan fingerprint density at radius 1 is 1.08 bits per heavy atom. The van der Waals surface area contributed by atoms with Gasteiger partial charge in [-0.1, -0.05) is 24.3 Å². The topological polar surface area (TPSA) is 84.3 Å². The molecular weight excluding hydrogens is 352 g/mol. The molecule has 0 radical (unpaired) electrons. The van der Waals surface area contributed by atoms with Gasteiger partial charge in [0.2, 0.25) is 0 Å². The van der Waals surface area contributed by atoms with Crippen molar-refractivity contribution in [1.82, 2.24) is 14.7 Å². The van der Waals surface area contributed by atoms with Gasteiger partial charge in [0.25, 0.3) is 15.9 Å². The fraction of sp³-hybridized carbons (Fsp3) is 0.111. The van der Waals surface area contributed by atoms with E-state index in [-0.39, 0.29) is 10.8 Å². The molecule has 0 saturated heterocycles. The first-order valence-electron chi connectivity index (χ1n) is 7.81. The van der Waals surface area contributed by atoms with Gasteiger partial charge in [0.15, 0.2) is 0 Å². The van der Waals surface area contributed by atoms with Crippen LogP contribution in [0.2, 0.25) is 0 Å². The van der Waals surface area contributed by atoms with Crippen LogP contribution in [0.1, 0.15) is 10.4 Å². The van der Waals surface area contributed by atoms with Crippen molar-refractivity contribution >= 4 is 21.6 Å². The predicted molar refractivity (Wildman–Crippen MR) is 98.8 cm³/mol. The van der Waals surface area contributed by atoms with E-state index in [0.29, 0.717) is 11.3 Å². The van der Waals surface area contributed by atoms with Gasteiger partial charge in [-0.3, -0.25) is 9.52 Å². The van der Waals surface area contributed by atoms with E-state index in [4.69, 9.17) is 0 Å². The number of rotatable bonds is 5. The van der Waals surface area contributed by atoms with Crippen LogP contribution in [0.4, 0.5) is 5.69 Å². The number of benzene rings is 2. The van der Waals surface area contributed by atoms with Crippen molar-refractivity contribution in [3.8, 4) is 5.69 Å². The molecule has 0 aliphatic carbocycles. The van der Waals surface area contributed by atoms with E-state index in [1.165, 1.54) is 28.0 Å². The van der Waals surface area contributed by atoms with Crippen molar-refractivity contribution in [3.63, 3.8) is 0 Å². The predicted octanol–water partition coefficient (Wildman–Crippen LogP) is 2.37. The molecule has 8 heteroatoms. The number of nitrogens with zero attached hydrogens (tertiary/aromatic N) is 3. The second kappa shape index (κ2) is 7.01. The quantitative estimate of drug-likeness (QED) is 0.747. The van der Waals surface area contributed by atoms with Crippen LogP contribution in [0.15, 0.2) is 71.9 Å². The second-order valence-corrected chi connectivity index (χ2v) is 7.52. The number of aromatic nitrogens is 2. The molecule has 1 amide bonds. The normalized spacial score (nSPS) is 11.2. The zero-order chi connectivity index (χ0) is 18.7. The molecule has 1 aromatic heterocycles. The first-order chi connectivity index (χ1) is 12.4. The minimum Gasteiger partial charge on any atom is -0.345 e. The highest BCUT2D eigenvalue weighted by Gasteiger charge is 2.18. The number of nitrogens with one attached hydrogen (secondary N) is 1. The molecule has 26 heavy (non-hydrogen) atoms. The summed E-state index contributed by atoms with van der Waals surface area (Å²) >= 11 is 0. The average Bonchev–Trinajstić information content (AvgIpc) is 3.13. The molecule has 0 spiro atoms. The maximum absolute atomic E-state index is 12.6. The Bertz CT molecular complexity index is 1030. The number of sulfonamides is 1. The Morgan fingerprint density at radius 3 is 2.50 bits per heavy atom. The van der Waals surface area contributed by atoms with Gasteiger partial charge in [0.05, 0.1) is 18.1 Å². The number of hydrogen-bond donors (Lipinski definition) is 1. The second-order valence-electron chi connectivity index (χ2n) is 5.84.